The number of aromatic amines is 1. The number of carbonyl (C=O) groups is 1. The smallest absolute Gasteiger partial charge is 0.352 e. The highest BCUT2D eigenvalue weighted by atomic mass is 19.4. The lowest BCUT2D eigenvalue weighted by atomic mass is 10.1. The fourth-order valence-corrected chi connectivity index (χ4v) is 3.43. The highest BCUT2D eigenvalue weighted by molar-refractivity contribution is 6.04. The van der Waals surface area contributed by atoms with E-state index in [1.54, 1.807) is 0 Å². The number of amides is 1. The number of H-pyrrole nitrogens is 1. The molecule has 0 bridgehead atoms. The molecule has 6 nitrogen and oxygen atoms in total. The quantitative estimate of drug-likeness (QED) is 0.506. The van der Waals surface area contributed by atoms with Gasteiger partial charge in [-0.25, -0.2) is 4.98 Å². The lowest BCUT2D eigenvalue weighted by molar-refractivity contribution is -0.137. The van der Waals surface area contributed by atoms with Gasteiger partial charge in [0.15, 0.2) is 0 Å². The Morgan fingerprint density at radius 2 is 2.00 bits per heavy atom. The molecule has 2 aromatic heterocycles. The van der Waals surface area contributed by atoms with Crippen molar-refractivity contribution in [3.63, 3.8) is 0 Å². The van der Waals surface area contributed by atoms with Crippen LogP contribution in [0.15, 0.2) is 53.6 Å². The molecular formula is C22H19F3N4O2. The summed E-state index contributed by atoms with van der Waals surface area (Å²) in [6.45, 7) is 2.03. The third-order valence-corrected chi connectivity index (χ3v) is 5.05. The highest BCUT2D eigenvalue weighted by Crippen LogP contribution is 2.29. The molecule has 4 aromatic rings. The van der Waals surface area contributed by atoms with Crippen LogP contribution < -0.4 is 10.9 Å². The third kappa shape index (κ3) is 4.30. The molecule has 0 aliphatic carbocycles. The molecule has 31 heavy (non-hydrogen) atoms. The molecule has 0 radical (unpaired) electrons. The molecule has 2 N–H and O–H groups in total. The van der Waals surface area contributed by atoms with Crippen molar-refractivity contribution in [1.29, 1.82) is 0 Å². The number of nitrogens with one attached hydrogen (secondary N) is 2. The van der Waals surface area contributed by atoms with Crippen LogP contribution in [-0.2, 0) is 24.1 Å². The summed E-state index contributed by atoms with van der Waals surface area (Å²) in [5, 5.41) is 3.44. The molecule has 0 atom stereocenters. The van der Waals surface area contributed by atoms with Crippen molar-refractivity contribution < 1.29 is 18.0 Å². The van der Waals surface area contributed by atoms with Crippen LogP contribution in [0.3, 0.4) is 0 Å². The van der Waals surface area contributed by atoms with E-state index in [1.165, 1.54) is 23.0 Å². The molecule has 1 amide bonds. The SMILES string of the molecule is Cc1ccc2[nH]c3c(=O)n(CCC(=O)NCc4cccc(C(F)(F)F)c4)cnc3c2c1. The van der Waals surface area contributed by atoms with E-state index < -0.39 is 11.7 Å². The first-order valence-corrected chi connectivity index (χ1v) is 9.63. The van der Waals surface area contributed by atoms with E-state index in [-0.39, 0.29) is 31.0 Å². The third-order valence-electron chi connectivity index (χ3n) is 5.05. The molecule has 0 spiro atoms. The number of aryl methyl sites for hydroxylation is 2. The Bertz CT molecular complexity index is 1340. The van der Waals surface area contributed by atoms with Crippen LogP contribution in [-0.4, -0.2) is 20.4 Å². The number of fused-ring (bicyclic) bond motifs is 3. The van der Waals surface area contributed by atoms with Gasteiger partial charge in [0.05, 0.1) is 11.9 Å². The first kappa shape index (κ1) is 20.6. The standard InChI is InChI=1S/C22H19F3N4O2/c1-13-5-6-17-16(9-13)19-20(28-17)21(31)29(12-27-19)8-7-18(30)26-11-14-3-2-4-15(10-14)22(23,24)25/h2-6,9-10,12,28H,7-8,11H2,1H3,(H,26,30). The number of nitrogens with zero attached hydrogens (tertiary/aromatic N) is 2. The topological polar surface area (TPSA) is 79.8 Å². The summed E-state index contributed by atoms with van der Waals surface area (Å²) in [7, 11) is 0. The minimum absolute atomic E-state index is 0.00854. The van der Waals surface area contributed by atoms with Crippen LogP contribution in [0.2, 0.25) is 0 Å². The fraction of sp³-hybridized carbons (Fsp3) is 0.227. The number of alkyl halides is 3. The van der Waals surface area contributed by atoms with Gasteiger partial charge in [-0.2, -0.15) is 13.2 Å². The van der Waals surface area contributed by atoms with Crippen LogP contribution in [0.25, 0.3) is 21.9 Å². The molecule has 0 aliphatic rings. The monoisotopic (exact) mass is 428 g/mol. The fourth-order valence-electron chi connectivity index (χ4n) is 3.43. The second-order valence-electron chi connectivity index (χ2n) is 7.37. The Morgan fingerprint density at radius 1 is 1.19 bits per heavy atom. The van der Waals surface area contributed by atoms with Crippen molar-refractivity contribution in [1.82, 2.24) is 19.9 Å². The predicted octanol–water partition coefficient (Wildman–Crippen LogP) is 3.91. The number of hydrogen-bond donors (Lipinski definition) is 2. The van der Waals surface area contributed by atoms with Crippen LogP contribution in [0.5, 0.6) is 0 Å². The van der Waals surface area contributed by atoms with Crippen molar-refractivity contribution >= 4 is 27.8 Å². The van der Waals surface area contributed by atoms with E-state index in [9.17, 15) is 22.8 Å². The maximum absolute atomic E-state index is 12.8. The van der Waals surface area contributed by atoms with E-state index >= 15 is 0 Å². The van der Waals surface area contributed by atoms with Gasteiger partial charge in [0.2, 0.25) is 5.91 Å². The molecule has 0 fully saturated rings. The maximum Gasteiger partial charge on any atom is 0.416 e. The van der Waals surface area contributed by atoms with Crippen LogP contribution in [0.4, 0.5) is 13.2 Å². The average Bonchev–Trinajstić information content (AvgIpc) is 3.10. The van der Waals surface area contributed by atoms with Gasteiger partial charge >= 0.3 is 6.18 Å². The Kier molecular flexibility index (Phi) is 5.26. The largest absolute Gasteiger partial charge is 0.416 e. The molecule has 4 rings (SSSR count). The molecule has 0 unspecified atom stereocenters. The molecule has 9 heteroatoms. The normalized spacial score (nSPS) is 11.9. The summed E-state index contributed by atoms with van der Waals surface area (Å²) in [6, 6.07) is 10.6. The van der Waals surface area contributed by atoms with E-state index in [1.807, 2.05) is 25.1 Å². The van der Waals surface area contributed by atoms with Crippen molar-refractivity contribution in [3.8, 4) is 0 Å². The minimum Gasteiger partial charge on any atom is -0.352 e. The van der Waals surface area contributed by atoms with Crippen LogP contribution in [0.1, 0.15) is 23.1 Å². The van der Waals surface area contributed by atoms with Gasteiger partial charge in [-0.05, 0) is 36.8 Å². The van der Waals surface area contributed by atoms with Gasteiger partial charge in [-0.1, -0.05) is 23.8 Å². The van der Waals surface area contributed by atoms with Crippen molar-refractivity contribution in [2.75, 3.05) is 0 Å². The zero-order valence-corrected chi connectivity index (χ0v) is 16.6. The molecule has 0 saturated heterocycles. The second-order valence-corrected chi connectivity index (χ2v) is 7.37. The van der Waals surface area contributed by atoms with Crippen molar-refractivity contribution in [3.05, 3.63) is 75.8 Å². The van der Waals surface area contributed by atoms with Gasteiger partial charge in [-0.3, -0.25) is 14.2 Å². The van der Waals surface area contributed by atoms with Crippen LogP contribution >= 0.6 is 0 Å². The molecule has 0 aliphatic heterocycles. The number of benzene rings is 2. The predicted molar refractivity (Wildman–Crippen MR) is 111 cm³/mol. The molecular weight excluding hydrogens is 409 g/mol. The van der Waals surface area contributed by atoms with Crippen LogP contribution in [0, 0.1) is 6.92 Å². The number of hydrogen-bond acceptors (Lipinski definition) is 3. The van der Waals surface area contributed by atoms with Gasteiger partial charge in [0.25, 0.3) is 5.56 Å². The van der Waals surface area contributed by atoms with E-state index in [0.717, 1.165) is 28.6 Å². The highest BCUT2D eigenvalue weighted by Gasteiger charge is 2.30. The summed E-state index contributed by atoms with van der Waals surface area (Å²) < 4.78 is 39.7. The zero-order valence-electron chi connectivity index (χ0n) is 16.6. The van der Waals surface area contributed by atoms with Crippen molar-refractivity contribution in [2.24, 2.45) is 0 Å². The zero-order chi connectivity index (χ0) is 22.2. The Labute approximate surface area is 174 Å². The van der Waals surface area contributed by atoms with Gasteiger partial charge in [0, 0.05) is 30.4 Å². The Morgan fingerprint density at radius 3 is 2.77 bits per heavy atom. The molecule has 160 valence electrons. The lowest BCUT2D eigenvalue weighted by Gasteiger charge is -2.10. The summed E-state index contributed by atoms with van der Waals surface area (Å²) >= 11 is 0. The van der Waals surface area contributed by atoms with Crippen molar-refractivity contribution in [2.45, 2.75) is 32.6 Å². The van der Waals surface area contributed by atoms with E-state index in [0.29, 0.717) is 16.6 Å². The van der Waals surface area contributed by atoms with Gasteiger partial charge in [0.1, 0.15) is 11.0 Å². The summed E-state index contributed by atoms with van der Waals surface area (Å²) in [4.78, 5) is 32.4. The second kappa shape index (κ2) is 7.90. The first-order valence-electron chi connectivity index (χ1n) is 9.63. The Balaban J connectivity index is 1.43. The number of aromatic nitrogens is 3. The maximum atomic E-state index is 12.8. The summed E-state index contributed by atoms with van der Waals surface area (Å²) in [5.74, 6) is -0.378. The van der Waals surface area contributed by atoms with E-state index in [2.05, 4.69) is 15.3 Å². The Hall–Kier alpha value is -3.62. The number of rotatable bonds is 5. The molecule has 0 saturated carbocycles. The summed E-state index contributed by atoms with van der Waals surface area (Å²) in [5.41, 5.74) is 2.10. The molecule has 2 heterocycles. The number of halogens is 3. The average molecular weight is 428 g/mol. The van der Waals surface area contributed by atoms with Gasteiger partial charge < -0.3 is 10.3 Å². The first-order chi connectivity index (χ1) is 14.7. The molecule has 2 aromatic carbocycles. The van der Waals surface area contributed by atoms with E-state index in [4.69, 9.17) is 0 Å². The lowest BCUT2D eigenvalue weighted by Crippen LogP contribution is -2.27. The number of carbonyl (C=O) groups excluding carboxylic acids is 1. The summed E-state index contributed by atoms with van der Waals surface area (Å²) in [6.07, 6.45) is -3.04. The van der Waals surface area contributed by atoms with Gasteiger partial charge in [-0.15, -0.1) is 0 Å². The minimum atomic E-state index is -4.44.